The first-order valence-electron chi connectivity index (χ1n) is 12.0. The molecule has 5 rings (SSSR count). The zero-order valence-electron chi connectivity index (χ0n) is 21.2. The molecule has 9 nitrogen and oxygen atoms in total. The highest BCUT2D eigenvalue weighted by Gasteiger charge is 2.48. The van der Waals surface area contributed by atoms with Crippen LogP contribution in [0.1, 0.15) is 35.3 Å². The van der Waals surface area contributed by atoms with Crippen molar-refractivity contribution in [1.82, 2.24) is 15.1 Å². The van der Waals surface area contributed by atoms with E-state index in [1.807, 2.05) is 26.0 Å². The number of aryl methyl sites for hydroxylation is 1. The van der Waals surface area contributed by atoms with E-state index >= 15 is 0 Å². The maximum Gasteiger partial charge on any atom is 0.290 e. The van der Waals surface area contributed by atoms with Gasteiger partial charge in [-0.25, -0.2) is 0 Å². The molecule has 0 aliphatic carbocycles. The maximum atomic E-state index is 9.40. The SMILES string of the molecule is Cc1c(C#N)cccc1[C@@H](C)Nc1nnc(C)c2ccc(N3CC4(COCCN4C)C3)cc12.O=CO. The highest BCUT2D eigenvalue weighted by atomic mass is 16.5. The number of nitrogens with one attached hydrogen (secondary N) is 1. The standard InChI is InChI=1S/C26H30N6O.CH2O2/c1-17-20(13-27)6-5-7-22(17)18(2)28-25-24-12-21(8-9-23(24)19(3)29-30-25)32-14-26(15-32)16-33-11-10-31(26)4;2-1-3/h5-9,12,18H,10-11,14-16H2,1-4H3,(H,28,30);1H,(H,2,3)/t18-;/m1./s1. The third kappa shape index (κ3) is 4.70. The molecule has 2 saturated heterocycles. The van der Waals surface area contributed by atoms with Gasteiger partial charge < -0.3 is 20.1 Å². The fourth-order valence-corrected chi connectivity index (χ4v) is 5.10. The predicted octanol–water partition coefficient (Wildman–Crippen LogP) is 3.51. The van der Waals surface area contributed by atoms with Gasteiger partial charge in [0.25, 0.3) is 6.47 Å². The lowest BCUT2D eigenvalue weighted by molar-refractivity contribution is -0.122. The van der Waals surface area contributed by atoms with Crippen LogP contribution >= 0.6 is 0 Å². The fraction of sp³-hybridized carbons (Fsp3) is 0.407. The molecule has 1 aromatic heterocycles. The number of ether oxygens (including phenoxy) is 1. The number of morpholine rings is 1. The first-order valence-corrected chi connectivity index (χ1v) is 12.0. The van der Waals surface area contributed by atoms with Gasteiger partial charge in [0.2, 0.25) is 0 Å². The Bertz CT molecular complexity index is 1300. The van der Waals surface area contributed by atoms with E-state index in [-0.39, 0.29) is 18.1 Å². The Balaban J connectivity index is 0.000000967. The third-order valence-electron chi connectivity index (χ3n) is 7.35. The van der Waals surface area contributed by atoms with Crippen molar-refractivity contribution in [3.05, 3.63) is 58.8 Å². The van der Waals surface area contributed by atoms with Gasteiger partial charge in [0.15, 0.2) is 5.82 Å². The van der Waals surface area contributed by atoms with Crippen molar-refractivity contribution in [3.63, 3.8) is 0 Å². The van der Waals surface area contributed by atoms with Crippen LogP contribution in [0.5, 0.6) is 0 Å². The van der Waals surface area contributed by atoms with Crippen molar-refractivity contribution in [1.29, 1.82) is 5.26 Å². The number of benzene rings is 2. The minimum atomic E-state index is -0.250. The minimum absolute atomic E-state index is 0.0116. The van der Waals surface area contributed by atoms with Crippen molar-refractivity contribution in [2.45, 2.75) is 32.4 Å². The van der Waals surface area contributed by atoms with Gasteiger partial charge in [0.1, 0.15) is 0 Å². The number of nitrogens with zero attached hydrogens (tertiary/aromatic N) is 5. The summed E-state index contributed by atoms with van der Waals surface area (Å²) in [6.45, 7) is 10.4. The average molecular weight is 489 g/mol. The molecule has 0 bridgehead atoms. The third-order valence-corrected chi connectivity index (χ3v) is 7.35. The van der Waals surface area contributed by atoms with E-state index in [0.29, 0.717) is 5.56 Å². The van der Waals surface area contributed by atoms with Crippen LogP contribution in [-0.2, 0) is 9.53 Å². The largest absolute Gasteiger partial charge is 0.483 e. The number of rotatable bonds is 4. The molecule has 2 N–H and O–H groups in total. The zero-order chi connectivity index (χ0) is 25.9. The minimum Gasteiger partial charge on any atom is -0.483 e. The van der Waals surface area contributed by atoms with E-state index in [0.717, 1.165) is 66.3 Å². The van der Waals surface area contributed by atoms with Crippen LogP contribution in [0.15, 0.2) is 36.4 Å². The number of likely N-dealkylation sites (N-methyl/N-ethyl adjacent to an activating group) is 1. The number of carbonyl (C=O) groups is 1. The predicted molar refractivity (Wildman–Crippen MR) is 139 cm³/mol. The molecule has 3 heterocycles. The first-order chi connectivity index (χ1) is 17.3. The Morgan fingerprint density at radius 2 is 1.97 bits per heavy atom. The normalized spacial score (nSPS) is 17.5. The second-order valence-electron chi connectivity index (χ2n) is 9.52. The molecule has 2 aliphatic rings. The van der Waals surface area contributed by atoms with Gasteiger partial charge in [-0.15, -0.1) is 5.10 Å². The van der Waals surface area contributed by atoms with Crippen LogP contribution in [0.4, 0.5) is 11.5 Å². The van der Waals surface area contributed by atoms with E-state index < -0.39 is 0 Å². The number of hydrogen-bond donors (Lipinski definition) is 2. The summed E-state index contributed by atoms with van der Waals surface area (Å²) in [6, 6.07) is 14.7. The van der Waals surface area contributed by atoms with Gasteiger partial charge in [-0.2, -0.15) is 10.4 Å². The van der Waals surface area contributed by atoms with Gasteiger partial charge >= 0.3 is 0 Å². The Labute approximate surface area is 211 Å². The summed E-state index contributed by atoms with van der Waals surface area (Å²) in [6.07, 6.45) is 0. The highest BCUT2D eigenvalue weighted by molar-refractivity contribution is 5.95. The van der Waals surface area contributed by atoms with Gasteiger partial charge in [0, 0.05) is 36.1 Å². The molecule has 9 heteroatoms. The van der Waals surface area contributed by atoms with E-state index in [1.165, 1.54) is 5.69 Å². The summed E-state index contributed by atoms with van der Waals surface area (Å²) in [4.78, 5) is 13.2. The van der Waals surface area contributed by atoms with Crippen LogP contribution in [0.2, 0.25) is 0 Å². The Kier molecular flexibility index (Phi) is 7.38. The number of nitriles is 1. The van der Waals surface area contributed by atoms with Crippen molar-refractivity contribution < 1.29 is 14.6 Å². The number of anilines is 2. The number of aromatic nitrogens is 2. The number of carboxylic acid groups (broad SMARTS) is 1. The van der Waals surface area contributed by atoms with Crippen molar-refractivity contribution in [2.24, 2.45) is 0 Å². The van der Waals surface area contributed by atoms with E-state index in [9.17, 15) is 5.26 Å². The molecule has 0 radical (unpaired) electrons. The average Bonchev–Trinajstić information content (AvgIpc) is 2.85. The second-order valence-corrected chi connectivity index (χ2v) is 9.52. The van der Waals surface area contributed by atoms with Crippen molar-refractivity contribution >= 4 is 28.7 Å². The van der Waals surface area contributed by atoms with E-state index in [2.05, 4.69) is 69.6 Å². The molecule has 2 aromatic carbocycles. The molecule has 0 saturated carbocycles. The summed E-state index contributed by atoms with van der Waals surface area (Å²) in [5, 5.41) is 30.9. The van der Waals surface area contributed by atoms with Gasteiger partial charge in [0.05, 0.1) is 42.1 Å². The molecule has 0 amide bonds. The Morgan fingerprint density at radius 1 is 1.22 bits per heavy atom. The van der Waals surface area contributed by atoms with Crippen LogP contribution in [0.25, 0.3) is 10.8 Å². The van der Waals surface area contributed by atoms with E-state index in [4.69, 9.17) is 14.6 Å². The summed E-state index contributed by atoms with van der Waals surface area (Å²) >= 11 is 0. The van der Waals surface area contributed by atoms with Crippen LogP contribution in [-0.4, -0.2) is 72.1 Å². The molecule has 36 heavy (non-hydrogen) atoms. The molecule has 0 unspecified atom stereocenters. The van der Waals surface area contributed by atoms with Gasteiger partial charge in [-0.3, -0.25) is 9.69 Å². The summed E-state index contributed by atoms with van der Waals surface area (Å²) in [5.41, 5.74) is 5.02. The Morgan fingerprint density at radius 3 is 2.67 bits per heavy atom. The zero-order valence-corrected chi connectivity index (χ0v) is 21.2. The molecule has 2 aliphatic heterocycles. The summed E-state index contributed by atoms with van der Waals surface area (Å²) in [7, 11) is 2.20. The monoisotopic (exact) mass is 488 g/mol. The first kappa shape index (κ1) is 25.4. The van der Waals surface area contributed by atoms with Crippen molar-refractivity contribution in [2.75, 3.05) is 50.1 Å². The molecular weight excluding hydrogens is 456 g/mol. The number of hydrogen-bond acceptors (Lipinski definition) is 8. The fourth-order valence-electron chi connectivity index (χ4n) is 5.10. The van der Waals surface area contributed by atoms with Crippen LogP contribution in [0.3, 0.4) is 0 Å². The summed E-state index contributed by atoms with van der Waals surface area (Å²) < 4.78 is 5.78. The topological polar surface area (TPSA) is 115 Å². The lowest BCUT2D eigenvalue weighted by atomic mass is 9.87. The quantitative estimate of drug-likeness (QED) is 0.532. The molecule has 1 spiro atoms. The lowest BCUT2D eigenvalue weighted by Crippen LogP contribution is -2.73. The number of fused-ring (bicyclic) bond motifs is 1. The second kappa shape index (κ2) is 10.5. The van der Waals surface area contributed by atoms with Crippen LogP contribution < -0.4 is 10.2 Å². The molecule has 3 aromatic rings. The van der Waals surface area contributed by atoms with Crippen LogP contribution in [0, 0.1) is 25.2 Å². The van der Waals surface area contributed by atoms with Gasteiger partial charge in [-0.1, -0.05) is 18.2 Å². The highest BCUT2D eigenvalue weighted by Crippen LogP contribution is 2.37. The molecule has 1 atom stereocenters. The lowest BCUT2D eigenvalue weighted by Gasteiger charge is -2.57. The smallest absolute Gasteiger partial charge is 0.290 e. The van der Waals surface area contributed by atoms with E-state index in [1.54, 1.807) is 0 Å². The Hall–Kier alpha value is -3.74. The molecule has 2 fully saturated rings. The summed E-state index contributed by atoms with van der Waals surface area (Å²) in [5.74, 6) is 0.764. The molecular formula is C27H32N6O3. The molecule has 188 valence electrons. The van der Waals surface area contributed by atoms with Gasteiger partial charge in [-0.05, 0) is 57.1 Å². The van der Waals surface area contributed by atoms with Crippen molar-refractivity contribution in [3.8, 4) is 6.07 Å². The maximum absolute atomic E-state index is 9.40.